The lowest BCUT2D eigenvalue weighted by atomic mass is 10.1. The highest BCUT2D eigenvalue weighted by Gasteiger charge is 2.32. The average molecular weight is 534 g/mol. The maximum Gasteiger partial charge on any atom is 0.433 e. The SMILES string of the molecule is CC(C)N(CC(=O)NCc1cc(-c2ccc(C(F)(F)F)nc2)ncn1)S(=O)(=O)c1ccc(Cl)s1. The van der Waals surface area contributed by atoms with E-state index in [1.807, 2.05) is 0 Å². The third-order valence-corrected chi connectivity index (χ3v) is 8.25. The van der Waals surface area contributed by atoms with E-state index >= 15 is 0 Å². The third-order valence-electron chi connectivity index (χ3n) is 4.53. The second-order valence-electron chi connectivity index (χ2n) is 7.30. The molecule has 0 saturated carbocycles. The summed E-state index contributed by atoms with van der Waals surface area (Å²) in [5.74, 6) is -0.559. The van der Waals surface area contributed by atoms with Gasteiger partial charge in [-0.1, -0.05) is 11.6 Å². The number of aromatic nitrogens is 3. The quantitative estimate of drug-likeness (QED) is 0.469. The first-order valence-corrected chi connectivity index (χ1v) is 12.4. The van der Waals surface area contributed by atoms with E-state index in [4.69, 9.17) is 11.6 Å². The molecule has 34 heavy (non-hydrogen) atoms. The topological polar surface area (TPSA) is 105 Å². The summed E-state index contributed by atoms with van der Waals surface area (Å²) in [6, 6.07) is 5.94. The molecule has 0 aliphatic carbocycles. The van der Waals surface area contributed by atoms with E-state index in [0.717, 1.165) is 27.9 Å². The fraction of sp³-hybridized carbons (Fsp3) is 0.300. The van der Waals surface area contributed by atoms with Crippen LogP contribution in [0, 0.1) is 0 Å². The lowest BCUT2D eigenvalue weighted by Gasteiger charge is -2.24. The zero-order chi connectivity index (χ0) is 25.1. The van der Waals surface area contributed by atoms with Crippen molar-refractivity contribution < 1.29 is 26.4 Å². The van der Waals surface area contributed by atoms with Gasteiger partial charge in [0.2, 0.25) is 5.91 Å². The number of carbonyl (C=O) groups excluding carboxylic acids is 1. The van der Waals surface area contributed by atoms with E-state index in [9.17, 15) is 26.4 Å². The molecule has 0 aliphatic rings. The van der Waals surface area contributed by atoms with Crippen LogP contribution in [0.25, 0.3) is 11.3 Å². The van der Waals surface area contributed by atoms with E-state index in [-0.39, 0.29) is 10.8 Å². The molecule has 0 aliphatic heterocycles. The van der Waals surface area contributed by atoms with Crippen molar-refractivity contribution in [1.82, 2.24) is 24.6 Å². The fourth-order valence-corrected chi connectivity index (χ4v) is 6.05. The summed E-state index contributed by atoms with van der Waals surface area (Å²) in [7, 11) is -3.92. The lowest BCUT2D eigenvalue weighted by Crippen LogP contribution is -2.43. The number of nitrogens with one attached hydrogen (secondary N) is 1. The molecule has 0 aromatic carbocycles. The minimum absolute atomic E-state index is 0.0320. The number of hydrogen-bond acceptors (Lipinski definition) is 7. The van der Waals surface area contributed by atoms with Crippen molar-refractivity contribution in [2.45, 2.75) is 36.8 Å². The Hall–Kier alpha value is -2.61. The number of pyridine rings is 1. The van der Waals surface area contributed by atoms with E-state index < -0.39 is 40.4 Å². The smallest absolute Gasteiger partial charge is 0.349 e. The summed E-state index contributed by atoms with van der Waals surface area (Å²) in [6.07, 6.45) is -2.29. The fourth-order valence-electron chi connectivity index (χ4n) is 2.85. The van der Waals surface area contributed by atoms with Gasteiger partial charge in [0.1, 0.15) is 16.2 Å². The minimum Gasteiger partial charge on any atom is -0.349 e. The van der Waals surface area contributed by atoms with E-state index in [2.05, 4.69) is 20.3 Å². The molecule has 0 unspecified atom stereocenters. The van der Waals surface area contributed by atoms with Crippen molar-refractivity contribution >= 4 is 38.9 Å². The number of rotatable bonds is 8. The predicted octanol–water partition coefficient (Wildman–Crippen LogP) is 3.99. The molecule has 8 nitrogen and oxygen atoms in total. The van der Waals surface area contributed by atoms with Crippen LogP contribution in [-0.2, 0) is 27.5 Å². The van der Waals surface area contributed by atoms with Gasteiger partial charge in [0.05, 0.1) is 28.8 Å². The van der Waals surface area contributed by atoms with E-state index in [1.165, 1.54) is 30.6 Å². The molecule has 3 rings (SSSR count). The molecular formula is C20H19ClF3N5O3S2. The summed E-state index contributed by atoms with van der Waals surface area (Å²) < 4.78 is 65.3. The molecular weight excluding hydrogens is 515 g/mol. The first-order valence-electron chi connectivity index (χ1n) is 9.76. The summed E-state index contributed by atoms with van der Waals surface area (Å²) in [4.78, 5) is 24.0. The van der Waals surface area contributed by atoms with Gasteiger partial charge in [-0.2, -0.15) is 17.5 Å². The van der Waals surface area contributed by atoms with Crippen molar-refractivity contribution in [2.75, 3.05) is 6.54 Å². The largest absolute Gasteiger partial charge is 0.433 e. The van der Waals surface area contributed by atoms with Crippen LogP contribution in [0.3, 0.4) is 0 Å². The van der Waals surface area contributed by atoms with Crippen LogP contribution in [-0.4, -0.2) is 46.2 Å². The van der Waals surface area contributed by atoms with Crippen molar-refractivity contribution in [3.63, 3.8) is 0 Å². The number of hydrogen-bond donors (Lipinski definition) is 1. The van der Waals surface area contributed by atoms with Crippen LogP contribution < -0.4 is 5.32 Å². The highest BCUT2D eigenvalue weighted by atomic mass is 35.5. The second kappa shape index (κ2) is 10.3. The number of thiophene rings is 1. The summed E-state index contributed by atoms with van der Waals surface area (Å²) in [5, 5.41) is 2.60. The van der Waals surface area contributed by atoms with Crippen LogP contribution in [0.15, 0.2) is 47.1 Å². The molecule has 0 saturated heterocycles. The molecule has 3 aromatic heterocycles. The van der Waals surface area contributed by atoms with Gasteiger partial charge in [-0.15, -0.1) is 11.3 Å². The monoisotopic (exact) mass is 533 g/mol. The average Bonchev–Trinajstić information content (AvgIpc) is 3.22. The van der Waals surface area contributed by atoms with Gasteiger partial charge in [0.25, 0.3) is 10.0 Å². The number of halogens is 4. The van der Waals surface area contributed by atoms with Crippen molar-refractivity contribution in [2.24, 2.45) is 0 Å². The second-order valence-corrected chi connectivity index (χ2v) is 11.1. The van der Waals surface area contributed by atoms with Gasteiger partial charge in [-0.3, -0.25) is 9.78 Å². The molecule has 0 spiro atoms. The number of carbonyl (C=O) groups is 1. The van der Waals surface area contributed by atoms with Gasteiger partial charge in [0, 0.05) is 17.8 Å². The first kappa shape index (κ1) is 26.0. The van der Waals surface area contributed by atoms with Crippen LogP contribution >= 0.6 is 22.9 Å². The van der Waals surface area contributed by atoms with Crippen LogP contribution in [0.4, 0.5) is 13.2 Å². The van der Waals surface area contributed by atoms with Crippen molar-refractivity contribution in [3.05, 3.63) is 58.6 Å². The van der Waals surface area contributed by atoms with Gasteiger partial charge < -0.3 is 5.32 Å². The van der Waals surface area contributed by atoms with E-state index in [0.29, 0.717) is 21.3 Å². The Bertz CT molecular complexity index is 1260. The normalized spacial score (nSPS) is 12.4. The van der Waals surface area contributed by atoms with Gasteiger partial charge in [0.15, 0.2) is 0 Å². The Morgan fingerprint density at radius 3 is 2.47 bits per heavy atom. The molecule has 0 atom stereocenters. The Morgan fingerprint density at radius 2 is 1.91 bits per heavy atom. The molecule has 3 heterocycles. The summed E-state index contributed by atoms with van der Waals surface area (Å²) >= 11 is 6.75. The number of sulfonamides is 1. The van der Waals surface area contributed by atoms with Gasteiger partial charge >= 0.3 is 6.18 Å². The number of nitrogens with zero attached hydrogens (tertiary/aromatic N) is 4. The Balaban J connectivity index is 1.67. The Kier molecular flexibility index (Phi) is 7.91. The van der Waals surface area contributed by atoms with Crippen molar-refractivity contribution in [1.29, 1.82) is 0 Å². The molecule has 182 valence electrons. The van der Waals surface area contributed by atoms with Crippen molar-refractivity contribution in [3.8, 4) is 11.3 Å². The molecule has 1 N–H and O–H groups in total. The molecule has 0 bridgehead atoms. The summed E-state index contributed by atoms with van der Waals surface area (Å²) in [5.41, 5.74) is 0.0191. The minimum atomic E-state index is -4.55. The molecule has 14 heteroatoms. The third kappa shape index (κ3) is 6.29. The molecule has 0 radical (unpaired) electrons. The molecule has 3 aromatic rings. The number of alkyl halides is 3. The molecule has 1 amide bonds. The van der Waals surface area contributed by atoms with Gasteiger partial charge in [-0.25, -0.2) is 18.4 Å². The maximum atomic E-state index is 12.9. The highest BCUT2D eigenvalue weighted by Crippen LogP contribution is 2.30. The van der Waals surface area contributed by atoms with Crippen LogP contribution in [0.1, 0.15) is 25.2 Å². The lowest BCUT2D eigenvalue weighted by molar-refractivity contribution is -0.141. The highest BCUT2D eigenvalue weighted by molar-refractivity contribution is 7.91. The Labute approximate surface area is 202 Å². The van der Waals surface area contributed by atoms with Crippen LogP contribution in [0.2, 0.25) is 4.34 Å². The maximum absolute atomic E-state index is 12.9. The van der Waals surface area contributed by atoms with Gasteiger partial charge in [-0.05, 0) is 44.2 Å². The van der Waals surface area contributed by atoms with E-state index in [1.54, 1.807) is 13.8 Å². The predicted molar refractivity (Wildman–Crippen MR) is 120 cm³/mol. The Morgan fingerprint density at radius 1 is 1.18 bits per heavy atom. The zero-order valence-corrected chi connectivity index (χ0v) is 20.3. The standard InChI is InChI=1S/C20H19ClF3N5O3S2/c1-12(2)29(34(31,32)19-6-5-17(21)33-19)10-18(30)26-9-14-7-15(28-11-27-14)13-3-4-16(25-8-13)20(22,23)24/h3-8,11-12H,9-10H2,1-2H3,(H,26,30). The molecule has 0 fully saturated rings. The first-order chi connectivity index (χ1) is 15.9. The zero-order valence-electron chi connectivity index (χ0n) is 17.9. The summed E-state index contributed by atoms with van der Waals surface area (Å²) in [6.45, 7) is 2.83. The van der Waals surface area contributed by atoms with Crippen LogP contribution in [0.5, 0.6) is 0 Å². The number of amides is 1.